The Hall–Kier alpha value is -3.24. The van der Waals surface area contributed by atoms with E-state index in [1.165, 1.54) is 41.1 Å². The molecule has 0 aliphatic heterocycles. The topological polar surface area (TPSA) is 121 Å². The lowest BCUT2D eigenvalue weighted by molar-refractivity contribution is -0.385. The van der Waals surface area contributed by atoms with Crippen molar-refractivity contribution in [1.29, 1.82) is 0 Å². The Kier molecular flexibility index (Phi) is 4.98. The van der Waals surface area contributed by atoms with Crippen LogP contribution in [0.1, 0.15) is 39.9 Å². The van der Waals surface area contributed by atoms with Gasteiger partial charge in [-0.1, -0.05) is 0 Å². The second-order valence-corrected chi connectivity index (χ2v) is 9.55. The van der Waals surface area contributed by atoms with Crippen LogP contribution in [0.2, 0.25) is 0 Å². The molecule has 3 aromatic rings. The molecule has 1 aromatic heterocycles. The number of thioether (sulfide) groups is 1. The minimum atomic E-state index is -0.516. The van der Waals surface area contributed by atoms with Gasteiger partial charge in [-0.15, -0.1) is 23.4 Å². The number of hydrogen-bond acceptors (Lipinski definition) is 7. The van der Waals surface area contributed by atoms with Crippen LogP contribution in [0, 0.1) is 20.2 Å². The molecule has 2 aliphatic rings. The average Bonchev–Trinajstić information content (AvgIpc) is 3.42. The monoisotopic (exact) mass is 470 g/mol. The first kappa shape index (κ1) is 20.7. The van der Waals surface area contributed by atoms with Crippen molar-refractivity contribution in [2.24, 2.45) is 0 Å². The van der Waals surface area contributed by atoms with E-state index in [9.17, 15) is 25.0 Å². The SMILES string of the molecule is O=C(c1ccc([N+](=O)[O-])cc1)n1cc2c(n1)[C@@H]1C[C@@H](Cl)[C@H]2C1Sc1ccc([N+](=O)[O-])cc1. The average molecular weight is 471 g/mol. The smallest absolute Gasteiger partial charge is 0.267 e. The van der Waals surface area contributed by atoms with Crippen molar-refractivity contribution < 1.29 is 14.6 Å². The molecular formula is C21H15ClN4O5S. The number of non-ortho nitro benzene ring substituents is 2. The molecule has 4 atom stereocenters. The molecular weight excluding hydrogens is 456 g/mol. The highest BCUT2D eigenvalue weighted by molar-refractivity contribution is 8.00. The Labute approximate surface area is 190 Å². The lowest BCUT2D eigenvalue weighted by Gasteiger charge is -2.17. The third-order valence-electron chi connectivity index (χ3n) is 5.96. The van der Waals surface area contributed by atoms with E-state index in [1.807, 2.05) is 0 Å². The third-order valence-corrected chi connectivity index (χ3v) is 7.84. The fraction of sp³-hybridized carbons (Fsp3) is 0.238. The van der Waals surface area contributed by atoms with Gasteiger partial charge in [-0.25, -0.2) is 4.68 Å². The molecule has 0 N–H and O–H groups in total. The second-order valence-electron chi connectivity index (χ2n) is 7.74. The number of nitro groups is 2. The van der Waals surface area contributed by atoms with Crippen molar-refractivity contribution in [3.05, 3.63) is 91.8 Å². The van der Waals surface area contributed by atoms with Crippen molar-refractivity contribution in [3.8, 4) is 0 Å². The molecule has 2 aliphatic carbocycles. The molecule has 1 saturated carbocycles. The number of carbonyl (C=O) groups is 1. The molecule has 162 valence electrons. The normalized spacial score (nSPS) is 23.2. The van der Waals surface area contributed by atoms with E-state index < -0.39 is 9.85 Å². The Morgan fingerprint density at radius 3 is 2.22 bits per heavy atom. The van der Waals surface area contributed by atoms with Gasteiger partial charge in [0.25, 0.3) is 17.3 Å². The predicted molar refractivity (Wildman–Crippen MR) is 118 cm³/mol. The van der Waals surface area contributed by atoms with Gasteiger partial charge in [0.1, 0.15) is 0 Å². The predicted octanol–water partition coefficient (Wildman–Crippen LogP) is 4.74. The fourth-order valence-corrected chi connectivity index (χ4v) is 6.55. The zero-order valence-corrected chi connectivity index (χ0v) is 17.9. The number of hydrogen-bond donors (Lipinski definition) is 0. The molecule has 0 spiro atoms. The van der Waals surface area contributed by atoms with Crippen molar-refractivity contribution in [2.45, 2.75) is 33.8 Å². The van der Waals surface area contributed by atoms with E-state index in [0.717, 1.165) is 22.6 Å². The van der Waals surface area contributed by atoms with Crippen molar-refractivity contribution in [3.63, 3.8) is 0 Å². The van der Waals surface area contributed by atoms with Crippen LogP contribution in [-0.4, -0.2) is 36.2 Å². The largest absolute Gasteiger partial charge is 0.278 e. The summed E-state index contributed by atoms with van der Waals surface area (Å²) in [6.45, 7) is 0. The van der Waals surface area contributed by atoms with E-state index >= 15 is 0 Å². The molecule has 1 heterocycles. The van der Waals surface area contributed by atoms with E-state index in [4.69, 9.17) is 11.6 Å². The van der Waals surface area contributed by atoms with E-state index in [-0.39, 0.29) is 39.7 Å². The number of rotatable bonds is 5. The molecule has 0 saturated heterocycles. The maximum Gasteiger partial charge on any atom is 0.278 e. The Morgan fingerprint density at radius 1 is 1.03 bits per heavy atom. The van der Waals surface area contributed by atoms with E-state index in [1.54, 1.807) is 30.1 Å². The van der Waals surface area contributed by atoms with Gasteiger partial charge in [0.15, 0.2) is 0 Å². The number of aromatic nitrogens is 2. The first-order valence-corrected chi connectivity index (χ1v) is 11.1. The number of fused-ring (bicyclic) bond motifs is 5. The minimum absolute atomic E-state index is 0.00951. The fourth-order valence-electron chi connectivity index (χ4n) is 4.49. The quantitative estimate of drug-likeness (QED) is 0.300. The summed E-state index contributed by atoms with van der Waals surface area (Å²) in [4.78, 5) is 34.5. The third kappa shape index (κ3) is 3.35. The Bertz CT molecular complexity index is 1240. The Balaban J connectivity index is 1.38. The standard InChI is InChI=1S/C21H15ClN4O5S/c22-17-9-15-19-16(18(17)20(15)32-14-7-5-13(6-8-14)26(30)31)10-24(23-19)21(27)11-1-3-12(4-2-11)25(28)29/h1-8,10,15,17-18,20H,9H2/t15-,17+,18-,20?/m0/s1. The summed E-state index contributed by atoms with van der Waals surface area (Å²) in [7, 11) is 0. The minimum Gasteiger partial charge on any atom is -0.267 e. The molecule has 32 heavy (non-hydrogen) atoms. The highest BCUT2D eigenvalue weighted by atomic mass is 35.5. The first-order valence-electron chi connectivity index (χ1n) is 9.77. The molecule has 2 bridgehead atoms. The van der Waals surface area contributed by atoms with Crippen LogP contribution in [0.4, 0.5) is 11.4 Å². The number of halogens is 1. The van der Waals surface area contributed by atoms with Gasteiger partial charge in [0.2, 0.25) is 0 Å². The van der Waals surface area contributed by atoms with Gasteiger partial charge < -0.3 is 0 Å². The van der Waals surface area contributed by atoms with E-state index in [0.29, 0.717) is 5.56 Å². The van der Waals surface area contributed by atoms with Crippen LogP contribution in [0.5, 0.6) is 0 Å². The summed E-state index contributed by atoms with van der Waals surface area (Å²) >= 11 is 8.25. The van der Waals surface area contributed by atoms with Crippen LogP contribution in [0.15, 0.2) is 59.6 Å². The van der Waals surface area contributed by atoms with Crippen molar-refractivity contribution in [2.75, 3.05) is 0 Å². The molecule has 5 rings (SSSR count). The molecule has 9 nitrogen and oxygen atoms in total. The van der Waals surface area contributed by atoms with Gasteiger partial charge in [-0.3, -0.25) is 25.0 Å². The number of nitrogens with zero attached hydrogens (tertiary/aromatic N) is 4. The summed E-state index contributed by atoms with van der Waals surface area (Å²) < 4.78 is 1.29. The number of carbonyl (C=O) groups excluding carboxylic acids is 1. The summed E-state index contributed by atoms with van der Waals surface area (Å²) in [6, 6.07) is 11.9. The number of alkyl halides is 1. The lowest BCUT2D eigenvalue weighted by atomic mass is 9.98. The van der Waals surface area contributed by atoms with Crippen molar-refractivity contribution in [1.82, 2.24) is 9.78 Å². The molecule has 0 radical (unpaired) electrons. The number of benzene rings is 2. The molecule has 2 aromatic carbocycles. The molecule has 0 amide bonds. The second kappa shape index (κ2) is 7.72. The van der Waals surface area contributed by atoms with Crippen LogP contribution >= 0.6 is 23.4 Å². The van der Waals surface area contributed by atoms with Crippen LogP contribution < -0.4 is 0 Å². The zero-order valence-electron chi connectivity index (χ0n) is 16.3. The highest BCUT2D eigenvalue weighted by Crippen LogP contribution is 2.60. The summed E-state index contributed by atoms with van der Waals surface area (Å²) in [5, 5.41) is 26.3. The molecule has 11 heteroatoms. The summed E-state index contributed by atoms with van der Waals surface area (Å²) in [6.07, 6.45) is 2.45. The van der Waals surface area contributed by atoms with E-state index in [2.05, 4.69) is 5.10 Å². The summed E-state index contributed by atoms with van der Waals surface area (Å²) in [5.74, 6) is -0.279. The van der Waals surface area contributed by atoms with Crippen molar-refractivity contribution >= 4 is 40.6 Å². The highest BCUT2D eigenvalue weighted by Gasteiger charge is 2.53. The van der Waals surface area contributed by atoms with Crippen LogP contribution in [0.3, 0.4) is 0 Å². The summed E-state index contributed by atoms with van der Waals surface area (Å²) in [5.41, 5.74) is 2.06. The molecule has 1 unspecified atom stereocenters. The van der Waals surface area contributed by atoms with Crippen LogP contribution in [0.25, 0.3) is 0 Å². The van der Waals surface area contributed by atoms with Gasteiger partial charge in [-0.05, 0) is 36.2 Å². The van der Waals surface area contributed by atoms with Gasteiger partial charge >= 0.3 is 0 Å². The van der Waals surface area contributed by atoms with Gasteiger partial charge in [-0.2, -0.15) is 5.10 Å². The Morgan fingerprint density at radius 2 is 1.62 bits per heavy atom. The van der Waals surface area contributed by atoms with Crippen LogP contribution in [-0.2, 0) is 0 Å². The zero-order chi connectivity index (χ0) is 22.6. The van der Waals surface area contributed by atoms with Gasteiger partial charge in [0, 0.05) is 63.4 Å². The maximum absolute atomic E-state index is 12.8. The lowest BCUT2D eigenvalue weighted by Crippen LogP contribution is -2.16. The molecule has 1 fully saturated rings. The number of nitro benzene ring substituents is 2. The first-order chi connectivity index (χ1) is 15.3. The van der Waals surface area contributed by atoms with Gasteiger partial charge in [0.05, 0.1) is 15.5 Å². The maximum atomic E-state index is 12.8.